The number of nitrogens with zero attached hydrogens (tertiary/aromatic N) is 2. The summed E-state index contributed by atoms with van der Waals surface area (Å²) in [6, 6.07) is 26.8. The number of aromatic nitrogens is 1. The molecule has 5 nitrogen and oxygen atoms in total. The Morgan fingerprint density at radius 1 is 0.853 bits per heavy atom. The Hall–Kier alpha value is -3.57. The monoisotopic (exact) mass is 450 g/mol. The first kappa shape index (κ1) is 21.0. The predicted octanol–water partition coefficient (Wildman–Crippen LogP) is 4.97. The van der Waals surface area contributed by atoms with Crippen LogP contribution in [0.15, 0.2) is 85.1 Å². The summed E-state index contributed by atoms with van der Waals surface area (Å²) < 4.78 is 0. The van der Waals surface area contributed by atoms with Gasteiger partial charge in [0.05, 0.1) is 6.04 Å². The highest BCUT2D eigenvalue weighted by Crippen LogP contribution is 2.31. The van der Waals surface area contributed by atoms with Crippen molar-refractivity contribution in [1.29, 1.82) is 0 Å². The van der Waals surface area contributed by atoms with Crippen LogP contribution in [-0.2, 0) is 6.42 Å². The molecule has 0 bridgehead atoms. The summed E-state index contributed by atoms with van der Waals surface area (Å²) in [6.45, 7) is 3.55. The number of ketones is 1. The van der Waals surface area contributed by atoms with Crippen molar-refractivity contribution < 1.29 is 4.79 Å². The molecule has 0 amide bonds. The van der Waals surface area contributed by atoms with Crippen LogP contribution in [0.4, 0.5) is 11.4 Å². The molecule has 2 unspecified atom stereocenters. The Balaban J connectivity index is 1.26. The maximum absolute atomic E-state index is 13.8. The lowest BCUT2D eigenvalue weighted by molar-refractivity contribution is 0.0771. The number of hydrogen-bond donors (Lipinski definition) is 2. The van der Waals surface area contributed by atoms with Crippen LogP contribution < -0.4 is 10.2 Å². The summed E-state index contributed by atoms with van der Waals surface area (Å²) in [5.74, 6) is 0.221. The number of aromatic amines is 1. The van der Waals surface area contributed by atoms with Crippen LogP contribution in [0.5, 0.6) is 0 Å². The van der Waals surface area contributed by atoms with Gasteiger partial charge >= 0.3 is 0 Å². The number of nitrogens with one attached hydrogen (secondary N) is 2. The molecule has 6 rings (SSSR count). The maximum Gasteiger partial charge on any atom is 0.182 e. The minimum atomic E-state index is -0.180. The standard InChI is InChI=1S/C29H30N4O/c34-29(22-8-2-1-3-9-22)28(26-14-13-21-7-4-5-10-24(21)31-26)33-19-17-32(18-20-33)27-12-6-11-25-23(27)15-16-30-25/h1-12,15-16,26,28,30-31H,13-14,17-20H2. The van der Waals surface area contributed by atoms with Gasteiger partial charge in [0, 0.05) is 66.3 Å². The maximum atomic E-state index is 13.8. The number of hydrogen-bond acceptors (Lipinski definition) is 4. The molecule has 1 saturated heterocycles. The predicted molar refractivity (Wildman–Crippen MR) is 139 cm³/mol. The SMILES string of the molecule is O=C(c1ccccc1)C(C1CCc2ccccc2N1)N1CCN(c2cccc3[nH]ccc23)CC1. The topological polar surface area (TPSA) is 51.4 Å². The molecule has 172 valence electrons. The van der Waals surface area contributed by atoms with E-state index in [-0.39, 0.29) is 17.9 Å². The van der Waals surface area contributed by atoms with Gasteiger partial charge in [-0.3, -0.25) is 9.69 Å². The summed E-state index contributed by atoms with van der Waals surface area (Å²) in [7, 11) is 0. The van der Waals surface area contributed by atoms with Crippen molar-refractivity contribution in [2.24, 2.45) is 0 Å². The number of aryl methyl sites for hydroxylation is 1. The molecule has 0 aliphatic carbocycles. The lowest BCUT2D eigenvalue weighted by atomic mass is 9.88. The third-order valence-electron chi connectivity index (χ3n) is 7.41. The van der Waals surface area contributed by atoms with Crippen LogP contribution in [0.2, 0.25) is 0 Å². The van der Waals surface area contributed by atoms with Gasteiger partial charge in [-0.2, -0.15) is 0 Å². The van der Waals surface area contributed by atoms with Crippen LogP contribution in [0, 0.1) is 0 Å². The number of Topliss-reactive ketones (excluding diaryl/α,β-unsaturated/α-hetero) is 1. The molecule has 2 aliphatic heterocycles. The number of benzene rings is 3. The van der Waals surface area contributed by atoms with Crippen molar-refractivity contribution in [3.05, 3.63) is 96.2 Å². The van der Waals surface area contributed by atoms with Gasteiger partial charge in [0.15, 0.2) is 5.78 Å². The Morgan fingerprint density at radius 3 is 2.50 bits per heavy atom. The van der Waals surface area contributed by atoms with E-state index in [2.05, 4.69) is 68.6 Å². The zero-order valence-electron chi connectivity index (χ0n) is 19.3. The Kier molecular flexibility index (Phi) is 5.55. The number of piperazine rings is 1. The second-order valence-corrected chi connectivity index (χ2v) is 9.36. The zero-order chi connectivity index (χ0) is 22.9. The highest BCUT2D eigenvalue weighted by Gasteiger charge is 2.37. The molecule has 4 aromatic rings. The second-order valence-electron chi connectivity index (χ2n) is 9.36. The average molecular weight is 451 g/mol. The molecule has 0 saturated carbocycles. The van der Waals surface area contributed by atoms with Crippen molar-refractivity contribution in [2.75, 3.05) is 36.4 Å². The van der Waals surface area contributed by atoms with Gasteiger partial charge in [-0.15, -0.1) is 0 Å². The quantitative estimate of drug-likeness (QED) is 0.422. The number of H-pyrrole nitrogens is 1. The van der Waals surface area contributed by atoms with Gasteiger partial charge in [0.25, 0.3) is 0 Å². The molecular formula is C29H30N4O. The highest BCUT2D eigenvalue weighted by atomic mass is 16.1. The van der Waals surface area contributed by atoms with E-state index >= 15 is 0 Å². The van der Waals surface area contributed by atoms with Crippen LogP contribution in [0.25, 0.3) is 10.9 Å². The minimum Gasteiger partial charge on any atom is -0.380 e. The smallest absolute Gasteiger partial charge is 0.182 e. The van der Waals surface area contributed by atoms with Gasteiger partial charge in [-0.1, -0.05) is 54.6 Å². The van der Waals surface area contributed by atoms with E-state index < -0.39 is 0 Å². The zero-order valence-corrected chi connectivity index (χ0v) is 19.3. The lowest BCUT2D eigenvalue weighted by Gasteiger charge is -2.44. The molecular weight excluding hydrogens is 420 g/mol. The summed E-state index contributed by atoms with van der Waals surface area (Å²) in [5, 5.41) is 4.99. The first-order chi connectivity index (χ1) is 16.8. The van der Waals surface area contributed by atoms with Crippen molar-refractivity contribution in [2.45, 2.75) is 24.9 Å². The molecule has 5 heteroatoms. The van der Waals surface area contributed by atoms with Crippen LogP contribution in [0.1, 0.15) is 22.3 Å². The number of rotatable bonds is 5. The number of carbonyl (C=O) groups excluding carboxylic acids is 1. The van der Waals surface area contributed by atoms with Crippen molar-refractivity contribution in [1.82, 2.24) is 9.88 Å². The summed E-state index contributed by atoms with van der Waals surface area (Å²) in [5.41, 5.74) is 5.75. The molecule has 2 atom stereocenters. The van der Waals surface area contributed by atoms with Gasteiger partial charge in [0.2, 0.25) is 0 Å². The molecule has 34 heavy (non-hydrogen) atoms. The molecule has 1 fully saturated rings. The molecule has 3 heterocycles. The lowest BCUT2D eigenvalue weighted by Crippen LogP contribution is -2.58. The molecule has 1 aromatic heterocycles. The third kappa shape index (κ3) is 3.86. The van der Waals surface area contributed by atoms with E-state index in [0.717, 1.165) is 44.6 Å². The van der Waals surface area contributed by atoms with E-state index in [4.69, 9.17) is 0 Å². The average Bonchev–Trinajstić information content (AvgIpc) is 3.39. The fourth-order valence-corrected chi connectivity index (χ4v) is 5.66. The number of para-hydroxylation sites is 1. The fraction of sp³-hybridized carbons (Fsp3) is 0.276. The van der Waals surface area contributed by atoms with Gasteiger partial charge in [0.1, 0.15) is 0 Å². The Bertz CT molecular complexity index is 1290. The van der Waals surface area contributed by atoms with E-state index in [1.165, 1.54) is 27.8 Å². The van der Waals surface area contributed by atoms with E-state index in [1.807, 2.05) is 36.5 Å². The highest BCUT2D eigenvalue weighted by molar-refractivity contribution is 6.01. The van der Waals surface area contributed by atoms with Crippen LogP contribution in [0.3, 0.4) is 0 Å². The molecule has 3 aromatic carbocycles. The number of fused-ring (bicyclic) bond motifs is 2. The van der Waals surface area contributed by atoms with E-state index in [1.54, 1.807) is 0 Å². The molecule has 2 N–H and O–H groups in total. The largest absolute Gasteiger partial charge is 0.380 e. The number of carbonyl (C=O) groups is 1. The normalized spacial score (nSPS) is 19.4. The van der Waals surface area contributed by atoms with Crippen molar-refractivity contribution in [3.63, 3.8) is 0 Å². The second kappa shape index (κ2) is 8.99. The van der Waals surface area contributed by atoms with Crippen molar-refractivity contribution >= 4 is 28.1 Å². The first-order valence-corrected chi connectivity index (χ1v) is 12.3. The third-order valence-corrected chi connectivity index (χ3v) is 7.41. The molecule has 2 aliphatic rings. The molecule has 0 spiro atoms. The van der Waals surface area contributed by atoms with Crippen LogP contribution >= 0.6 is 0 Å². The summed E-state index contributed by atoms with van der Waals surface area (Å²) in [6.07, 6.45) is 3.97. The minimum absolute atomic E-state index is 0.0993. The number of anilines is 2. The van der Waals surface area contributed by atoms with Gasteiger partial charge in [-0.25, -0.2) is 0 Å². The van der Waals surface area contributed by atoms with E-state index in [9.17, 15) is 4.79 Å². The summed E-state index contributed by atoms with van der Waals surface area (Å²) >= 11 is 0. The fourth-order valence-electron chi connectivity index (χ4n) is 5.66. The molecule has 0 radical (unpaired) electrons. The van der Waals surface area contributed by atoms with Gasteiger partial charge in [-0.05, 0) is 42.7 Å². The van der Waals surface area contributed by atoms with E-state index in [0.29, 0.717) is 0 Å². The van der Waals surface area contributed by atoms with Crippen LogP contribution in [-0.4, -0.2) is 53.9 Å². The van der Waals surface area contributed by atoms with Gasteiger partial charge < -0.3 is 15.2 Å². The van der Waals surface area contributed by atoms with Crippen molar-refractivity contribution in [3.8, 4) is 0 Å². The first-order valence-electron chi connectivity index (χ1n) is 12.3. The Morgan fingerprint density at radius 2 is 1.65 bits per heavy atom. The Labute approximate surface area is 200 Å². The summed E-state index contributed by atoms with van der Waals surface area (Å²) in [4.78, 5) is 22.0.